The number of rotatable bonds is 8. The fraction of sp³-hybridized carbons (Fsp3) is 0.538. The number of likely N-dealkylation sites (tertiary alicyclic amines) is 1. The number of amides is 2. The summed E-state index contributed by atoms with van der Waals surface area (Å²) in [6.07, 6.45) is 6.55. The average Bonchev–Trinajstić information content (AvgIpc) is 3.59. The normalized spacial score (nSPS) is 32.9. The van der Waals surface area contributed by atoms with Crippen LogP contribution in [0.2, 0.25) is 0 Å². The molecule has 0 aromatic heterocycles. The van der Waals surface area contributed by atoms with Crippen LogP contribution >= 0.6 is 11.8 Å². The molecule has 1 heterocycles. The molecule has 1 aromatic carbocycles. The summed E-state index contributed by atoms with van der Waals surface area (Å²) in [7, 11) is 0. The Balaban J connectivity index is 1.35. The summed E-state index contributed by atoms with van der Waals surface area (Å²) in [5.41, 5.74) is 1.49. The summed E-state index contributed by atoms with van der Waals surface area (Å²) in [6.45, 7) is 3.47. The van der Waals surface area contributed by atoms with E-state index in [0.29, 0.717) is 29.6 Å². The van der Waals surface area contributed by atoms with Crippen LogP contribution in [-0.2, 0) is 19.1 Å². The lowest BCUT2D eigenvalue weighted by Gasteiger charge is -2.37. The Morgan fingerprint density at radius 3 is 2.18 bits per heavy atom. The highest BCUT2D eigenvalue weighted by atomic mass is 32.2. The fourth-order valence-electron chi connectivity index (χ4n) is 6.13. The lowest BCUT2D eigenvalue weighted by atomic mass is 9.63. The maximum atomic E-state index is 13.5. The quantitative estimate of drug-likeness (QED) is 0.253. The van der Waals surface area contributed by atoms with Crippen molar-refractivity contribution in [1.29, 1.82) is 0 Å². The highest BCUT2D eigenvalue weighted by molar-refractivity contribution is 7.98. The minimum Gasteiger partial charge on any atom is -0.453 e. The van der Waals surface area contributed by atoms with E-state index in [-0.39, 0.29) is 41.3 Å². The lowest BCUT2D eigenvalue weighted by Crippen LogP contribution is -2.48. The maximum Gasteiger partial charge on any atom is 0.330 e. The Labute approximate surface area is 198 Å². The third-order valence-electron chi connectivity index (χ3n) is 7.87. The monoisotopic (exact) mass is 467 g/mol. The Hall–Kier alpha value is -2.41. The predicted octanol–water partition coefficient (Wildman–Crippen LogP) is 3.28. The van der Waals surface area contributed by atoms with Gasteiger partial charge in [-0.2, -0.15) is 11.8 Å². The van der Waals surface area contributed by atoms with Crippen molar-refractivity contribution in [3.63, 3.8) is 0 Å². The first-order valence-corrected chi connectivity index (χ1v) is 13.1. The summed E-state index contributed by atoms with van der Waals surface area (Å²) >= 11 is 1.54. The third-order valence-corrected chi connectivity index (χ3v) is 8.52. The van der Waals surface area contributed by atoms with E-state index < -0.39 is 18.1 Å². The standard InChI is InChI=1S/C26H29NO5S/c1-13-4-6-15(7-5-13)23(28)14(2)32-26(31)20(10-11-33-3)27-24(29)21-16-8-9-17(19-12-18(16)19)22(21)25(27)30/h4-9,14,16-22H,10-12H2,1-3H3/t14-,16+,17+,18+,19+,20+,21-,22+/m0/s1. The molecule has 33 heavy (non-hydrogen) atoms. The topological polar surface area (TPSA) is 80.8 Å². The van der Waals surface area contributed by atoms with Crippen LogP contribution in [0.15, 0.2) is 36.4 Å². The van der Waals surface area contributed by atoms with Gasteiger partial charge < -0.3 is 4.74 Å². The van der Waals surface area contributed by atoms with Crippen LogP contribution < -0.4 is 0 Å². The van der Waals surface area contributed by atoms with E-state index in [2.05, 4.69) is 12.2 Å². The van der Waals surface area contributed by atoms with Gasteiger partial charge >= 0.3 is 5.97 Å². The lowest BCUT2D eigenvalue weighted by molar-refractivity contribution is -0.160. The van der Waals surface area contributed by atoms with Gasteiger partial charge in [-0.25, -0.2) is 4.79 Å². The van der Waals surface area contributed by atoms with Crippen molar-refractivity contribution in [3.05, 3.63) is 47.5 Å². The van der Waals surface area contributed by atoms with Crippen molar-refractivity contribution in [2.24, 2.45) is 35.5 Å². The highest BCUT2D eigenvalue weighted by Crippen LogP contribution is 2.65. The number of carbonyl (C=O) groups is 4. The van der Waals surface area contributed by atoms with E-state index in [1.54, 1.807) is 23.9 Å². The summed E-state index contributed by atoms with van der Waals surface area (Å²) in [5, 5.41) is 0. The predicted molar refractivity (Wildman–Crippen MR) is 124 cm³/mol. The second-order valence-electron chi connectivity index (χ2n) is 9.81. The largest absolute Gasteiger partial charge is 0.453 e. The number of ether oxygens (including phenoxy) is 1. The maximum absolute atomic E-state index is 13.5. The number of benzene rings is 1. The number of ketones is 1. The molecule has 2 bridgehead atoms. The first-order chi connectivity index (χ1) is 15.8. The van der Waals surface area contributed by atoms with Crippen molar-refractivity contribution >= 4 is 35.3 Å². The van der Waals surface area contributed by atoms with Crippen LogP contribution in [-0.4, -0.2) is 52.6 Å². The van der Waals surface area contributed by atoms with Gasteiger partial charge in [0, 0.05) is 5.56 Å². The zero-order valence-corrected chi connectivity index (χ0v) is 19.9. The molecule has 0 unspecified atom stereocenters. The van der Waals surface area contributed by atoms with Gasteiger partial charge in [0.05, 0.1) is 11.8 Å². The van der Waals surface area contributed by atoms with Gasteiger partial charge in [-0.15, -0.1) is 0 Å². The molecule has 2 amide bonds. The molecule has 8 atom stereocenters. The molecule has 1 aromatic rings. The van der Waals surface area contributed by atoms with Crippen molar-refractivity contribution in [2.45, 2.75) is 38.8 Å². The molecular weight excluding hydrogens is 438 g/mol. The smallest absolute Gasteiger partial charge is 0.330 e. The van der Waals surface area contributed by atoms with Crippen LogP contribution in [0.4, 0.5) is 0 Å². The molecule has 1 aliphatic heterocycles. The van der Waals surface area contributed by atoms with Crippen LogP contribution in [0.25, 0.3) is 0 Å². The summed E-state index contributed by atoms with van der Waals surface area (Å²) < 4.78 is 5.56. The number of hydrogen-bond donors (Lipinski definition) is 0. The second-order valence-corrected chi connectivity index (χ2v) is 10.8. The Morgan fingerprint density at radius 1 is 1.06 bits per heavy atom. The molecule has 0 N–H and O–H groups in total. The zero-order chi connectivity index (χ0) is 23.4. The van der Waals surface area contributed by atoms with Gasteiger partial charge in [0.2, 0.25) is 17.6 Å². The molecule has 4 aliphatic carbocycles. The summed E-state index contributed by atoms with van der Waals surface area (Å²) in [6, 6.07) is 6.09. The van der Waals surface area contributed by atoms with Gasteiger partial charge in [-0.05, 0) is 62.4 Å². The molecule has 174 valence electrons. The first-order valence-electron chi connectivity index (χ1n) is 11.7. The van der Waals surface area contributed by atoms with E-state index in [0.717, 1.165) is 12.0 Å². The van der Waals surface area contributed by atoms with E-state index in [1.165, 1.54) is 11.8 Å². The highest BCUT2D eigenvalue weighted by Gasteiger charge is 2.68. The van der Waals surface area contributed by atoms with Crippen molar-refractivity contribution in [3.8, 4) is 0 Å². The molecule has 0 radical (unpaired) electrons. The fourth-order valence-corrected chi connectivity index (χ4v) is 6.59. The van der Waals surface area contributed by atoms with Crippen molar-refractivity contribution in [2.75, 3.05) is 12.0 Å². The SMILES string of the molecule is CSCC[C@H](C(=O)O[C@@H](C)C(=O)c1ccc(C)cc1)N1C(=O)[C@@H]2[C@@H]3C=C[C@H]([C@H]4C[C@H]34)[C@@H]2C1=O. The van der Waals surface area contributed by atoms with Crippen LogP contribution in [0, 0.1) is 42.4 Å². The minimum absolute atomic E-state index is 0.103. The molecule has 7 heteroatoms. The summed E-state index contributed by atoms with van der Waals surface area (Å²) in [5.74, 6) is -0.363. The van der Waals surface area contributed by atoms with Gasteiger partial charge in [0.1, 0.15) is 6.04 Å². The van der Waals surface area contributed by atoms with Gasteiger partial charge in [-0.3, -0.25) is 19.3 Å². The number of Topliss-reactive ketones (excluding diaryl/α,β-unsaturated/α-hetero) is 1. The number of aryl methyl sites for hydroxylation is 1. The van der Waals surface area contributed by atoms with E-state index in [9.17, 15) is 19.2 Å². The number of imide groups is 1. The van der Waals surface area contributed by atoms with Gasteiger partial charge in [0.25, 0.3) is 0 Å². The van der Waals surface area contributed by atoms with Gasteiger partial charge in [0.15, 0.2) is 6.10 Å². The van der Waals surface area contributed by atoms with Crippen LogP contribution in [0.5, 0.6) is 0 Å². The Morgan fingerprint density at radius 2 is 1.64 bits per heavy atom. The van der Waals surface area contributed by atoms with Crippen LogP contribution in [0.3, 0.4) is 0 Å². The minimum atomic E-state index is -1.00. The number of carbonyl (C=O) groups excluding carboxylic acids is 4. The Kier molecular flexibility index (Phi) is 5.71. The molecule has 6 rings (SSSR count). The number of thioether (sulfide) groups is 1. The molecular formula is C26H29NO5S. The van der Waals surface area contributed by atoms with E-state index in [1.807, 2.05) is 25.3 Å². The second kappa shape index (κ2) is 8.42. The number of hydrogen-bond acceptors (Lipinski definition) is 6. The third kappa shape index (κ3) is 3.65. The van der Waals surface area contributed by atoms with E-state index in [4.69, 9.17) is 4.74 Å². The molecule has 0 spiro atoms. The number of allylic oxidation sites excluding steroid dienone is 2. The molecule has 6 nitrogen and oxygen atoms in total. The van der Waals surface area contributed by atoms with Gasteiger partial charge in [-0.1, -0.05) is 42.0 Å². The van der Waals surface area contributed by atoms with Crippen molar-refractivity contribution in [1.82, 2.24) is 4.90 Å². The molecule has 5 aliphatic rings. The number of esters is 1. The van der Waals surface area contributed by atoms with Crippen molar-refractivity contribution < 1.29 is 23.9 Å². The number of nitrogens with zero attached hydrogens (tertiary/aromatic N) is 1. The molecule has 2 saturated carbocycles. The zero-order valence-electron chi connectivity index (χ0n) is 19.1. The first kappa shape index (κ1) is 22.4. The summed E-state index contributed by atoms with van der Waals surface area (Å²) in [4.78, 5) is 54.2. The average molecular weight is 468 g/mol. The Bertz CT molecular complexity index is 998. The molecule has 1 saturated heterocycles. The van der Waals surface area contributed by atoms with Crippen LogP contribution in [0.1, 0.15) is 35.7 Å². The van der Waals surface area contributed by atoms with E-state index >= 15 is 0 Å². The molecule has 3 fully saturated rings.